The van der Waals surface area contributed by atoms with E-state index in [4.69, 9.17) is 5.26 Å². The van der Waals surface area contributed by atoms with Crippen molar-refractivity contribution in [2.24, 2.45) is 0 Å². The molecule has 0 unspecified atom stereocenters. The second-order valence-electron chi connectivity index (χ2n) is 4.27. The number of hydrogen-bond donors (Lipinski definition) is 1. The van der Waals surface area contributed by atoms with Crippen molar-refractivity contribution < 1.29 is 0 Å². The van der Waals surface area contributed by atoms with Gasteiger partial charge in [0, 0.05) is 20.1 Å². The van der Waals surface area contributed by atoms with Crippen LogP contribution in [0.1, 0.15) is 19.8 Å². The molecule has 0 spiro atoms. The molecule has 0 aliphatic heterocycles. The molecule has 2 aromatic rings. The van der Waals surface area contributed by atoms with Crippen LogP contribution in [0.4, 0.5) is 11.8 Å². The molecule has 0 radical (unpaired) electrons. The predicted octanol–water partition coefficient (Wildman–Crippen LogP) is 2.86. The Morgan fingerprint density at radius 1 is 1.47 bits per heavy atom. The fourth-order valence-corrected chi connectivity index (χ4v) is 2.53. The number of nitrogens with one attached hydrogen (secondary N) is 1. The van der Waals surface area contributed by atoms with Gasteiger partial charge < -0.3 is 10.2 Å². The lowest BCUT2D eigenvalue weighted by Crippen LogP contribution is -2.20. The first-order chi connectivity index (χ1) is 9.26. The van der Waals surface area contributed by atoms with Gasteiger partial charge in [-0.05, 0) is 17.9 Å². The number of rotatable bonds is 6. The topological polar surface area (TPSA) is 64.8 Å². The van der Waals surface area contributed by atoms with Crippen molar-refractivity contribution in [2.75, 3.05) is 30.4 Å². The third-order valence-corrected chi connectivity index (χ3v) is 3.57. The molecule has 2 aromatic heterocycles. The molecule has 5 nitrogen and oxygen atoms in total. The van der Waals surface area contributed by atoms with E-state index in [0.29, 0.717) is 18.9 Å². The monoisotopic (exact) mass is 275 g/mol. The summed E-state index contributed by atoms with van der Waals surface area (Å²) in [5.41, 5.74) is 0. The highest BCUT2D eigenvalue weighted by molar-refractivity contribution is 7.16. The summed E-state index contributed by atoms with van der Waals surface area (Å²) >= 11 is 1.61. The molecule has 0 aliphatic carbocycles. The lowest BCUT2D eigenvalue weighted by Gasteiger charge is -2.18. The summed E-state index contributed by atoms with van der Waals surface area (Å²) in [4.78, 5) is 12.1. The second-order valence-corrected chi connectivity index (χ2v) is 5.16. The number of hydrogen-bond acceptors (Lipinski definition) is 6. The first-order valence-electron chi connectivity index (χ1n) is 6.33. The van der Waals surface area contributed by atoms with Gasteiger partial charge in [0.25, 0.3) is 0 Å². The van der Waals surface area contributed by atoms with E-state index in [1.54, 1.807) is 11.3 Å². The highest BCUT2D eigenvalue weighted by Crippen LogP contribution is 2.28. The maximum absolute atomic E-state index is 8.69. The Bertz CT molecular complexity index is 586. The van der Waals surface area contributed by atoms with Crippen LogP contribution in [-0.2, 0) is 0 Å². The summed E-state index contributed by atoms with van der Waals surface area (Å²) in [6.45, 7) is 3.64. The Morgan fingerprint density at radius 3 is 3.05 bits per heavy atom. The smallest absolute Gasteiger partial charge is 0.226 e. The van der Waals surface area contributed by atoms with E-state index in [1.165, 1.54) is 0 Å². The second kappa shape index (κ2) is 6.34. The van der Waals surface area contributed by atoms with E-state index in [9.17, 15) is 0 Å². The lowest BCUT2D eigenvalue weighted by atomic mass is 10.3. The van der Waals surface area contributed by atoms with Gasteiger partial charge in [-0.15, -0.1) is 11.3 Å². The van der Waals surface area contributed by atoms with E-state index in [0.717, 1.165) is 29.0 Å². The zero-order valence-corrected chi connectivity index (χ0v) is 12.0. The molecule has 0 saturated carbocycles. The molecule has 0 aromatic carbocycles. The number of fused-ring (bicyclic) bond motifs is 1. The van der Waals surface area contributed by atoms with E-state index in [2.05, 4.69) is 28.3 Å². The summed E-state index contributed by atoms with van der Waals surface area (Å²) in [5.74, 6) is 1.55. The number of anilines is 2. The highest BCUT2D eigenvalue weighted by atomic mass is 32.1. The van der Waals surface area contributed by atoms with Gasteiger partial charge in [0.05, 0.1) is 17.9 Å². The zero-order valence-electron chi connectivity index (χ0n) is 11.2. The number of nitrogens with zero attached hydrogens (tertiary/aromatic N) is 4. The molecule has 0 bridgehead atoms. The van der Waals surface area contributed by atoms with Crippen molar-refractivity contribution >= 4 is 33.3 Å². The average Bonchev–Trinajstić information content (AvgIpc) is 2.89. The van der Waals surface area contributed by atoms with Crippen molar-refractivity contribution in [2.45, 2.75) is 19.8 Å². The van der Waals surface area contributed by atoms with Gasteiger partial charge in [0.1, 0.15) is 10.6 Å². The summed E-state index contributed by atoms with van der Waals surface area (Å²) in [6.07, 6.45) is 1.52. The normalized spacial score (nSPS) is 10.4. The van der Waals surface area contributed by atoms with E-state index in [1.807, 2.05) is 23.4 Å². The van der Waals surface area contributed by atoms with Crippen molar-refractivity contribution in [1.82, 2.24) is 9.97 Å². The number of thiophene rings is 1. The van der Waals surface area contributed by atoms with Crippen LogP contribution in [0.2, 0.25) is 0 Å². The minimum atomic E-state index is 0.490. The molecule has 19 heavy (non-hydrogen) atoms. The molecular formula is C13H17N5S. The van der Waals surface area contributed by atoms with Gasteiger partial charge in [-0.1, -0.05) is 6.92 Å². The summed E-state index contributed by atoms with van der Waals surface area (Å²) in [7, 11) is 1.96. The fourth-order valence-electron chi connectivity index (χ4n) is 1.77. The SMILES string of the molecule is CCCNc1nc(N(C)CCC#N)c2ccsc2n1. The molecule has 0 saturated heterocycles. The van der Waals surface area contributed by atoms with Crippen LogP contribution in [0.25, 0.3) is 10.2 Å². The number of aromatic nitrogens is 2. The molecule has 1 N–H and O–H groups in total. The molecule has 0 amide bonds. The largest absolute Gasteiger partial charge is 0.358 e. The van der Waals surface area contributed by atoms with Crippen LogP contribution in [0.5, 0.6) is 0 Å². The number of nitriles is 1. The minimum absolute atomic E-state index is 0.490. The Kier molecular flexibility index (Phi) is 4.53. The maximum atomic E-state index is 8.69. The molecule has 100 valence electrons. The average molecular weight is 275 g/mol. The van der Waals surface area contributed by atoms with Gasteiger partial charge in [-0.25, -0.2) is 4.98 Å². The van der Waals surface area contributed by atoms with Gasteiger partial charge in [-0.3, -0.25) is 0 Å². The van der Waals surface area contributed by atoms with Crippen molar-refractivity contribution in [3.63, 3.8) is 0 Å². The van der Waals surface area contributed by atoms with Crippen LogP contribution in [0.3, 0.4) is 0 Å². The summed E-state index contributed by atoms with van der Waals surface area (Å²) in [6, 6.07) is 4.19. The first-order valence-corrected chi connectivity index (χ1v) is 7.21. The molecule has 0 aliphatic rings. The zero-order chi connectivity index (χ0) is 13.7. The molecule has 0 atom stereocenters. The summed E-state index contributed by atoms with van der Waals surface area (Å²) in [5, 5.41) is 15.0. The third-order valence-electron chi connectivity index (χ3n) is 2.76. The van der Waals surface area contributed by atoms with E-state index < -0.39 is 0 Å². The van der Waals surface area contributed by atoms with Gasteiger partial charge in [0.2, 0.25) is 5.95 Å². The maximum Gasteiger partial charge on any atom is 0.226 e. The van der Waals surface area contributed by atoms with Crippen LogP contribution < -0.4 is 10.2 Å². The van der Waals surface area contributed by atoms with E-state index >= 15 is 0 Å². The Morgan fingerprint density at radius 2 is 2.32 bits per heavy atom. The van der Waals surface area contributed by atoms with Gasteiger partial charge in [-0.2, -0.15) is 10.2 Å². The van der Waals surface area contributed by atoms with Crippen LogP contribution in [0.15, 0.2) is 11.4 Å². The van der Waals surface area contributed by atoms with Crippen LogP contribution >= 0.6 is 11.3 Å². The van der Waals surface area contributed by atoms with Gasteiger partial charge >= 0.3 is 0 Å². The Labute approximate surface area is 116 Å². The minimum Gasteiger partial charge on any atom is -0.358 e. The molecule has 2 heterocycles. The van der Waals surface area contributed by atoms with E-state index in [-0.39, 0.29) is 0 Å². The lowest BCUT2D eigenvalue weighted by molar-refractivity contribution is 0.883. The highest BCUT2D eigenvalue weighted by Gasteiger charge is 2.12. The molecule has 0 fully saturated rings. The molecule has 6 heteroatoms. The first kappa shape index (κ1) is 13.6. The molecule has 2 rings (SSSR count). The molecular weight excluding hydrogens is 258 g/mol. The van der Waals surface area contributed by atoms with Crippen molar-refractivity contribution in [1.29, 1.82) is 5.26 Å². The van der Waals surface area contributed by atoms with Gasteiger partial charge in [0.15, 0.2) is 0 Å². The third kappa shape index (κ3) is 3.12. The van der Waals surface area contributed by atoms with Crippen molar-refractivity contribution in [3.8, 4) is 6.07 Å². The quantitative estimate of drug-likeness (QED) is 0.878. The predicted molar refractivity (Wildman–Crippen MR) is 79.7 cm³/mol. The summed E-state index contributed by atoms with van der Waals surface area (Å²) < 4.78 is 0. The van der Waals surface area contributed by atoms with Crippen LogP contribution in [-0.4, -0.2) is 30.1 Å². The fraction of sp³-hybridized carbons (Fsp3) is 0.462. The standard InChI is InChI=1S/C13H17N5S/c1-3-7-15-13-16-11(18(2)8-4-6-14)10-5-9-19-12(10)17-13/h5,9H,3-4,7-8H2,1-2H3,(H,15,16,17). The Hall–Kier alpha value is -1.87. The van der Waals surface area contributed by atoms with Crippen LogP contribution in [0, 0.1) is 11.3 Å². The Balaban J connectivity index is 2.33. The van der Waals surface area contributed by atoms with Crippen molar-refractivity contribution in [3.05, 3.63) is 11.4 Å².